The molecule has 1 aliphatic heterocycles. The second kappa shape index (κ2) is 5.92. The molecule has 5 nitrogen and oxygen atoms in total. The molecular formula is C16H24N2O3. The number of likely N-dealkylation sites (tertiary alicyclic amines) is 1. The number of hydrogen-bond acceptors (Lipinski definition) is 3. The molecule has 1 fully saturated rings. The Labute approximate surface area is 125 Å². The molecule has 1 N–H and O–H groups in total. The molecule has 1 aromatic heterocycles. The average Bonchev–Trinajstić information content (AvgIpc) is 2.95. The summed E-state index contributed by atoms with van der Waals surface area (Å²) in [5, 5.41) is 2.90. The van der Waals surface area contributed by atoms with Gasteiger partial charge in [0.2, 0.25) is 11.8 Å². The molecular weight excluding hydrogens is 268 g/mol. The van der Waals surface area contributed by atoms with Gasteiger partial charge in [-0.15, -0.1) is 0 Å². The fourth-order valence-corrected chi connectivity index (χ4v) is 2.60. The van der Waals surface area contributed by atoms with Crippen LogP contribution in [0.1, 0.15) is 38.7 Å². The van der Waals surface area contributed by atoms with Crippen molar-refractivity contribution >= 4 is 11.8 Å². The van der Waals surface area contributed by atoms with Crippen molar-refractivity contribution in [2.45, 2.75) is 46.1 Å². The zero-order valence-corrected chi connectivity index (χ0v) is 13.2. The van der Waals surface area contributed by atoms with Crippen LogP contribution in [0.2, 0.25) is 0 Å². The molecule has 2 heterocycles. The van der Waals surface area contributed by atoms with Crippen molar-refractivity contribution < 1.29 is 14.0 Å². The smallest absolute Gasteiger partial charge is 0.225 e. The third-order valence-corrected chi connectivity index (χ3v) is 3.77. The summed E-state index contributed by atoms with van der Waals surface area (Å²) >= 11 is 0. The summed E-state index contributed by atoms with van der Waals surface area (Å²) in [7, 11) is 0. The third-order valence-electron chi connectivity index (χ3n) is 3.77. The number of carbonyl (C=O) groups excluding carboxylic acids is 2. The van der Waals surface area contributed by atoms with Crippen molar-refractivity contribution in [2.75, 3.05) is 13.1 Å². The van der Waals surface area contributed by atoms with Crippen molar-refractivity contribution in [1.82, 2.24) is 10.2 Å². The topological polar surface area (TPSA) is 62.6 Å². The first-order valence-electron chi connectivity index (χ1n) is 7.41. The fraction of sp³-hybridized carbons (Fsp3) is 0.625. The molecule has 21 heavy (non-hydrogen) atoms. The molecule has 0 aromatic carbocycles. The zero-order valence-electron chi connectivity index (χ0n) is 13.2. The predicted molar refractivity (Wildman–Crippen MR) is 79.7 cm³/mol. The van der Waals surface area contributed by atoms with E-state index in [9.17, 15) is 9.59 Å². The normalized spacial score (nSPS) is 19.1. The van der Waals surface area contributed by atoms with E-state index in [1.807, 2.05) is 39.8 Å². The number of hydrogen-bond donors (Lipinski definition) is 1. The maximum absolute atomic E-state index is 12.1. The first-order chi connectivity index (χ1) is 9.77. The monoisotopic (exact) mass is 292 g/mol. The van der Waals surface area contributed by atoms with Crippen LogP contribution in [0.5, 0.6) is 0 Å². The highest BCUT2D eigenvalue weighted by atomic mass is 16.3. The lowest BCUT2D eigenvalue weighted by atomic mass is 10.1. The van der Waals surface area contributed by atoms with Gasteiger partial charge >= 0.3 is 0 Å². The minimum absolute atomic E-state index is 0.0432. The summed E-state index contributed by atoms with van der Waals surface area (Å²) in [6.45, 7) is 8.91. The Hall–Kier alpha value is -1.78. The molecule has 1 aromatic rings. The van der Waals surface area contributed by atoms with E-state index in [0.717, 1.165) is 11.5 Å². The van der Waals surface area contributed by atoms with Crippen LogP contribution in [0.3, 0.4) is 0 Å². The van der Waals surface area contributed by atoms with Crippen molar-refractivity contribution in [3.63, 3.8) is 0 Å². The molecule has 0 saturated carbocycles. The predicted octanol–water partition coefficient (Wildman–Crippen LogP) is 1.89. The standard InChI is InChI=1S/C16H24N2O3/c1-11-5-6-13(21-11)7-8-17-15(20)12-9-14(19)18(10-12)16(2,3)4/h5-6,12H,7-10H2,1-4H3,(H,17,20)/t12-/m1/s1. The maximum Gasteiger partial charge on any atom is 0.225 e. The van der Waals surface area contributed by atoms with Crippen LogP contribution < -0.4 is 5.32 Å². The first kappa shape index (κ1) is 15.6. The van der Waals surface area contributed by atoms with Crippen molar-refractivity contribution in [3.8, 4) is 0 Å². The average molecular weight is 292 g/mol. The van der Waals surface area contributed by atoms with Crippen LogP contribution in [0.4, 0.5) is 0 Å². The van der Waals surface area contributed by atoms with E-state index < -0.39 is 0 Å². The Bertz CT molecular complexity index is 528. The van der Waals surface area contributed by atoms with E-state index >= 15 is 0 Å². The molecule has 1 aliphatic rings. The summed E-state index contributed by atoms with van der Waals surface area (Å²) in [5.74, 6) is 1.52. The highest BCUT2D eigenvalue weighted by Crippen LogP contribution is 2.25. The quantitative estimate of drug-likeness (QED) is 0.922. The zero-order chi connectivity index (χ0) is 15.6. The molecule has 116 valence electrons. The Kier molecular flexibility index (Phi) is 4.40. The molecule has 2 rings (SSSR count). The van der Waals surface area contributed by atoms with Crippen LogP contribution in [-0.2, 0) is 16.0 Å². The molecule has 0 spiro atoms. The van der Waals surface area contributed by atoms with Gasteiger partial charge in [0.1, 0.15) is 11.5 Å². The van der Waals surface area contributed by atoms with Gasteiger partial charge in [0.05, 0.1) is 5.92 Å². The van der Waals surface area contributed by atoms with Gasteiger partial charge in [-0.25, -0.2) is 0 Å². The number of amides is 2. The molecule has 1 saturated heterocycles. The van der Waals surface area contributed by atoms with E-state index in [1.54, 1.807) is 4.90 Å². The lowest BCUT2D eigenvalue weighted by Gasteiger charge is -2.31. The number of aryl methyl sites for hydroxylation is 1. The maximum atomic E-state index is 12.1. The van der Waals surface area contributed by atoms with Gasteiger partial charge in [-0.05, 0) is 39.8 Å². The molecule has 0 unspecified atom stereocenters. The fourth-order valence-electron chi connectivity index (χ4n) is 2.60. The summed E-state index contributed by atoms with van der Waals surface area (Å²) in [5.41, 5.74) is -0.224. The van der Waals surface area contributed by atoms with E-state index in [-0.39, 0.29) is 23.3 Å². The highest BCUT2D eigenvalue weighted by Gasteiger charge is 2.39. The first-order valence-corrected chi connectivity index (χ1v) is 7.41. The van der Waals surface area contributed by atoms with Gasteiger partial charge < -0.3 is 14.6 Å². The van der Waals surface area contributed by atoms with Crippen LogP contribution in [-0.4, -0.2) is 35.3 Å². The highest BCUT2D eigenvalue weighted by molar-refractivity contribution is 5.89. The van der Waals surface area contributed by atoms with Crippen molar-refractivity contribution in [3.05, 3.63) is 23.7 Å². The molecule has 0 bridgehead atoms. The van der Waals surface area contributed by atoms with Crippen LogP contribution >= 0.6 is 0 Å². The van der Waals surface area contributed by atoms with Gasteiger partial charge in [0, 0.05) is 31.5 Å². The third kappa shape index (κ3) is 3.86. The molecule has 0 radical (unpaired) electrons. The minimum atomic E-state index is -0.241. The molecule has 2 amide bonds. The van der Waals surface area contributed by atoms with Gasteiger partial charge in [0.15, 0.2) is 0 Å². The number of nitrogens with zero attached hydrogens (tertiary/aromatic N) is 1. The molecule has 5 heteroatoms. The second-order valence-electron chi connectivity index (χ2n) is 6.63. The van der Waals surface area contributed by atoms with Gasteiger partial charge in [0.25, 0.3) is 0 Å². The Balaban J connectivity index is 1.80. The van der Waals surface area contributed by atoms with E-state index in [2.05, 4.69) is 5.32 Å². The molecule has 1 atom stereocenters. The van der Waals surface area contributed by atoms with Gasteiger partial charge in [-0.1, -0.05) is 0 Å². The minimum Gasteiger partial charge on any atom is -0.466 e. The summed E-state index contributed by atoms with van der Waals surface area (Å²) in [4.78, 5) is 25.9. The van der Waals surface area contributed by atoms with Gasteiger partial charge in [-0.3, -0.25) is 9.59 Å². The van der Waals surface area contributed by atoms with Crippen LogP contribution in [0.25, 0.3) is 0 Å². The van der Waals surface area contributed by atoms with E-state index in [1.165, 1.54) is 0 Å². The second-order valence-corrected chi connectivity index (χ2v) is 6.63. The Morgan fingerprint density at radius 3 is 2.67 bits per heavy atom. The van der Waals surface area contributed by atoms with Gasteiger partial charge in [-0.2, -0.15) is 0 Å². The Morgan fingerprint density at radius 2 is 2.14 bits per heavy atom. The molecule has 0 aliphatic carbocycles. The van der Waals surface area contributed by atoms with E-state index in [0.29, 0.717) is 25.9 Å². The lowest BCUT2D eigenvalue weighted by Crippen LogP contribution is -2.43. The largest absolute Gasteiger partial charge is 0.466 e. The number of rotatable bonds is 4. The number of carbonyl (C=O) groups is 2. The SMILES string of the molecule is Cc1ccc(CCNC(=O)[C@@H]2CC(=O)N(C(C)(C)C)C2)o1. The lowest BCUT2D eigenvalue weighted by molar-refractivity contribution is -0.132. The summed E-state index contributed by atoms with van der Waals surface area (Å²) < 4.78 is 5.46. The number of nitrogens with one attached hydrogen (secondary N) is 1. The summed E-state index contributed by atoms with van der Waals surface area (Å²) in [6, 6.07) is 3.83. The van der Waals surface area contributed by atoms with Crippen molar-refractivity contribution in [1.29, 1.82) is 0 Å². The van der Waals surface area contributed by atoms with E-state index in [4.69, 9.17) is 4.42 Å². The Morgan fingerprint density at radius 1 is 1.43 bits per heavy atom. The number of furan rings is 1. The van der Waals surface area contributed by atoms with Crippen LogP contribution in [0.15, 0.2) is 16.5 Å². The summed E-state index contributed by atoms with van der Waals surface area (Å²) in [6.07, 6.45) is 0.978. The van der Waals surface area contributed by atoms with Crippen molar-refractivity contribution in [2.24, 2.45) is 5.92 Å². The van der Waals surface area contributed by atoms with Crippen LogP contribution in [0, 0.1) is 12.8 Å².